The second kappa shape index (κ2) is 8.30. The van der Waals surface area contributed by atoms with Crippen LogP contribution in [0.1, 0.15) is 11.1 Å². The lowest BCUT2D eigenvalue weighted by atomic mass is 10.1. The van der Waals surface area contributed by atoms with Crippen LogP contribution in [0.3, 0.4) is 0 Å². The first-order valence-electron chi connectivity index (χ1n) is 7.41. The van der Waals surface area contributed by atoms with Gasteiger partial charge in [-0.2, -0.15) is 5.26 Å². The van der Waals surface area contributed by atoms with Crippen molar-refractivity contribution >= 4 is 17.7 Å². The molecule has 0 fully saturated rings. The maximum Gasteiger partial charge on any atom is 0.280 e. The molecule has 0 aliphatic heterocycles. The fraction of sp³-hybridized carbons (Fsp3) is 0.111. The van der Waals surface area contributed by atoms with E-state index in [0.717, 1.165) is 11.6 Å². The van der Waals surface area contributed by atoms with E-state index in [9.17, 15) is 14.9 Å². The number of carbonyl (C=O) groups excluding carboxylic acids is 1. The topological polar surface area (TPSA) is 128 Å². The van der Waals surface area contributed by atoms with Gasteiger partial charge in [-0.1, -0.05) is 30.3 Å². The molecule has 0 aliphatic rings. The van der Waals surface area contributed by atoms with Gasteiger partial charge in [0.25, 0.3) is 11.6 Å². The van der Waals surface area contributed by atoms with E-state index in [2.05, 4.69) is 0 Å². The fourth-order valence-corrected chi connectivity index (χ4v) is 2.16. The molecular weight excluding hydrogens is 338 g/mol. The van der Waals surface area contributed by atoms with Crippen LogP contribution in [0.15, 0.2) is 48.0 Å². The van der Waals surface area contributed by atoms with E-state index in [1.165, 1.54) is 19.2 Å². The molecular formula is C18H15N3O5. The lowest BCUT2D eigenvalue weighted by Gasteiger charge is -2.12. The summed E-state index contributed by atoms with van der Waals surface area (Å²) in [6.45, 7) is 0.207. The molecule has 0 aromatic heterocycles. The monoisotopic (exact) mass is 353 g/mol. The van der Waals surface area contributed by atoms with Crippen molar-refractivity contribution in [2.24, 2.45) is 5.73 Å². The first kappa shape index (κ1) is 18.5. The van der Waals surface area contributed by atoms with E-state index in [1.54, 1.807) is 6.07 Å². The zero-order valence-corrected chi connectivity index (χ0v) is 13.8. The standard InChI is InChI=1S/C18H15N3O5/c1-25-16-9-15(21(23)24)13(7-14(10-19)18(20)22)8-17(16)26-11-12-5-3-2-4-6-12/h2-9H,11H2,1H3,(H2,20,22)/b14-7+. The maximum atomic E-state index is 11.3. The highest BCUT2D eigenvalue weighted by atomic mass is 16.6. The average Bonchev–Trinajstić information content (AvgIpc) is 2.64. The normalized spacial score (nSPS) is 10.7. The van der Waals surface area contributed by atoms with Gasteiger partial charge in [0.2, 0.25) is 0 Å². The third kappa shape index (κ3) is 4.36. The Kier molecular flexibility index (Phi) is 5.90. The zero-order chi connectivity index (χ0) is 19.1. The fourth-order valence-electron chi connectivity index (χ4n) is 2.16. The van der Waals surface area contributed by atoms with E-state index < -0.39 is 16.4 Å². The summed E-state index contributed by atoms with van der Waals surface area (Å²) in [5.74, 6) is -0.596. The van der Waals surface area contributed by atoms with Crippen molar-refractivity contribution in [3.63, 3.8) is 0 Å². The van der Waals surface area contributed by atoms with Crippen LogP contribution in [0.5, 0.6) is 11.5 Å². The van der Waals surface area contributed by atoms with Gasteiger partial charge in [-0.05, 0) is 17.7 Å². The van der Waals surface area contributed by atoms with E-state index >= 15 is 0 Å². The smallest absolute Gasteiger partial charge is 0.280 e. The number of hydrogen-bond donors (Lipinski definition) is 1. The minimum absolute atomic E-state index is 0.00853. The number of hydrogen-bond acceptors (Lipinski definition) is 6. The molecule has 2 aromatic carbocycles. The Bertz CT molecular complexity index is 901. The van der Waals surface area contributed by atoms with Gasteiger partial charge in [0.15, 0.2) is 11.5 Å². The molecule has 2 rings (SSSR count). The largest absolute Gasteiger partial charge is 0.493 e. The van der Waals surface area contributed by atoms with Crippen molar-refractivity contribution in [2.75, 3.05) is 7.11 Å². The molecule has 1 amide bonds. The third-order valence-electron chi connectivity index (χ3n) is 3.43. The van der Waals surface area contributed by atoms with Crippen LogP contribution in [-0.2, 0) is 11.4 Å². The molecule has 8 nitrogen and oxygen atoms in total. The van der Waals surface area contributed by atoms with Gasteiger partial charge in [-0.25, -0.2) is 0 Å². The summed E-state index contributed by atoms with van der Waals surface area (Å²) in [5, 5.41) is 20.3. The number of primary amides is 1. The molecule has 0 unspecified atom stereocenters. The van der Waals surface area contributed by atoms with E-state index in [0.29, 0.717) is 0 Å². The van der Waals surface area contributed by atoms with Crippen LogP contribution in [0.25, 0.3) is 6.08 Å². The quantitative estimate of drug-likeness (QED) is 0.352. The molecule has 0 saturated carbocycles. The molecule has 0 bridgehead atoms. The number of ether oxygens (including phenoxy) is 2. The number of amides is 1. The Morgan fingerprint density at radius 3 is 2.54 bits per heavy atom. The number of methoxy groups -OCH3 is 1. The Balaban J connectivity index is 2.47. The van der Waals surface area contributed by atoms with Crippen LogP contribution in [0, 0.1) is 21.4 Å². The van der Waals surface area contributed by atoms with Crippen molar-refractivity contribution in [1.29, 1.82) is 5.26 Å². The highest BCUT2D eigenvalue weighted by Gasteiger charge is 2.20. The summed E-state index contributed by atoms with van der Waals surface area (Å²) in [7, 11) is 1.36. The molecule has 0 spiro atoms. The molecule has 0 saturated heterocycles. The SMILES string of the molecule is COc1cc([N+](=O)[O-])c(/C=C(\C#N)C(N)=O)cc1OCc1ccccc1. The van der Waals surface area contributed by atoms with Crippen molar-refractivity contribution in [2.45, 2.75) is 6.61 Å². The van der Waals surface area contributed by atoms with E-state index in [1.807, 2.05) is 30.3 Å². The summed E-state index contributed by atoms with van der Waals surface area (Å²) in [6, 6.07) is 13.4. The Labute approximate surface area is 149 Å². The first-order chi connectivity index (χ1) is 12.5. The van der Waals surface area contributed by atoms with Crippen LogP contribution < -0.4 is 15.2 Å². The molecule has 0 aliphatic carbocycles. The number of nitrogens with zero attached hydrogens (tertiary/aromatic N) is 2. The molecule has 0 heterocycles. The number of nitriles is 1. The maximum absolute atomic E-state index is 11.3. The van der Waals surface area contributed by atoms with E-state index in [4.69, 9.17) is 20.5 Å². The Hall–Kier alpha value is -3.86. The number of rotatable bonds is 7. The van der Waals surface area contributed by atoms with Gasteiger partial charge >= 0.3 is 0 Å². The lowest BCUT2D eigenvalue weighted by molar-refractivity contribution is -0.385. The molecule has 0 radical (unpaired) electrons. The molecule has 2 N–H and O–H groups in total. The van der Waals surface area contributed by atoms with Crippen molar-refractivity contribution in [3.8, 4) is 17.6 Å². The molecule has 2 aromatic rings. The van der Waals surface area contributed by atoms with Crippen molar-refractivity contribution < 1.29 is 19.2 Å². The van der Waals surface area contributed by atoms with Gasteiger partial charge in [0.1, 0.15) is 18.2 Å². The summed E-state index contributed by atoms with van der Waals surface area (Å²) in [4.78, 5) is 21.9. The third-order valence-corrected chi connectivity index (χ3v) is 3.43. The second-order valence-corrected chi connectivity index (χ2v) is 5.13. The number of nitrogens with two attached hydrogens (primary N) is 1. The van der Waals surface area contributed by atoms with Crippen molar-refractivity contribution in [1.82, 2.24) is 0 Å². The van der Waals surface area contributed by atoms with Crippen LogP contribution in [-0.4, -0.2) is 17.9 Å². The van der Waals surface area contributed by atoms with Gasteiger partial charge in [0, 0.05) is 0 Å². The average molecular weight is 353 g/mol. The number of nitro benzene ring substituents is 1. The first-order valence-corrected chi connectivity index (χ1v) is 7.41. The Morgan fingerprint density at radius 1 is 1.31 bits per heavy atom. The van der Waals surface area contributed by atoms with Crippen LogP contribution in [0.2, 0.25) is 0 Å². The predicted octanol–water partition coefficient (Wildman–Crippen LogP) is 2.57. The van der Waals surface area contributed by atoms with Crippen LogP contribution >= 0.6 is 0 Å². The Morgan fingerprint density at radius 2 is 2.00 bits per heavy atom. The van der Waals surface area contributed by atoms with Gasteiger partial charge < -0.3 is 15.2 Å². The van der Waals surface area contributed by atoms with Crippen molar-refractivity contribution in [3.05, 3.63) is 69.3 Å². The van der Waals surface area contributed by atoms with E-state index in [-0.39, 0.29) is 29.4 Å². The summed E-state index contributed by atoms with van der Waals surface area (Å²) >= 11 is 0. The minimum atomic E-state index is -0.982. The lowest BCUT2D eigenvalue weighted by Crippen LogP contribution is -2.12. The zero-order valence-electron chi connectivity index (χ0n) is 13.8. The van der Waals surface area contributed by atoms with Gasteiger partial charge in [-0.15, -0.1) is 0 Å². The summed E-state index contributed by atoms with van der Waals surface area (Å²) in [5.41, 5.74) is 5.24. The highest BCUT2D eigenvalue weighted by Crippen LogP contribution is 2.36. The number of carbonyl (C=O) groups is 1. The second-order valence-electron chi connectivity index (χ2n) is 5.13. The molecule has 8 heteroatoms. The van der Waals surface area contributed by atoms with Gasteiger partial charge in [-0.3, -0.25) is 14.9 Å². The number of benzene rings is 2. The molecule has 132 valence electrons. The highest BCUT2D eigenvalue weighted by molar-refractivity contribution is 6.01. The number of nitro groups is 1. The summed E-state index contributed by atoms with van der Waals surface area (Å²) in [6.07, 6.45) is 1.05. The predicted molar refractivity (Wildman–Crippen MR) is 93.2 cm³/mol. The molecule has 0 atom stereocenters. The minimum Gasteiger partial charge on any atom is -0.493 e. The molecule has 26 heavy (non-hydrogen) atoms. The van der Waals surface area contributed by atoms with Crippen LogP contribution in [0.4, 0.5) is 5.69 Å². The summed E-state index contributed by atoms with van der Waals surface area (Å²) < 4.78 is 10.8. The van der Waals surface area contributed by atoms with Gasteiger partial charge in [0.05, 0.1) is 23.7 Å².